The smallest absolute Gasteiger partial charge is 0.147 e. The zero-order valence-electron chi connectivity index (χ0n) is 14.7. The quantitative estimate of drug-likeness (QED) is 0.636. The van der Waals surface area contributed by atoms with Crippen molar-refractivity contribution in [2.45, 2.75) is 38.5 Å². The predicted octanol–water partition coefficient (Wildman–Crippen LogP) is 2.25. The summed E-state index contributed by atoms with van der Waals surface area (Å²) in [6.45, 7) is 4.18. The fourth-order valence-electron chi connectivity index (χ4n) is 3.05. The third kappa shape index (κ3) is 7.30. The summed E-state index contributed by atoms with van der Waals surface area (Å²) >= 11 is 0. The minimum atomic E-state index is -2.88. The number of piperidine rings is 1. The molecule has 0 saturated carbocycles. The number of hydrogen-bond acceptors (Lipinski definition) is 5. The summed E-state index contributed by atoms with van der Waals surface area (Å²) in [6.07, 6.45) is 4.15. The zero-order valence-corrected chi connectivity index (χ0v) is 15.6. The molecule has 1 aromatic carbocycles. The van der Waals surface area contributed by atoms with Crippen LogP contribution in [-0.4, -0.2) is 58.2 Å². The average molecular weight is 356 g/mol. The Kier molecular flexibility index (Phi) is 7.68. The van der Waals surface area contributed by atoms with Gasteiger partial charge >= 0.3 is 0 Å². The minimum absolute atomic E-state index is 0.212. The van der Waals surface area contributed by atoms with Crippen LogP contribution in [0.5, 0.6) is 0 Å². The molecule has 1 aliphatic heterocycles. The summed E-state index contributed by atoms with van der Waals surface area (Å²) in [5.74, 6) is 0.212. The number of methoxy groups -OCH3 is 1. The van der Waals surface area contributed by atoms with Gasteiger partial charge in [0.05, 0.1) is 18.5 Å². The number of sulfone groups is 1. The summed E-state index contributed by atoms with van der Waals surface area (Å²) in [6, 6.07) is 8.54. The highest BCUT2D eigenvalue weighted by Gasteiger charge is 2.19. The molecule has 1 saturated heterocycles. The Morgan fingerprint density at radius 3 is 2.58 bits per heavy atom. The maximum absolute atomic E-state index is 11.1. The van der Waals surface area contributed by atoms with E-state index in [1.54, 1.807) is 7.11 Å². The Bertz CT molecular complexity index is 595. The number of likely N-dealkylation sites (tertiary alicyclic amines) is 1. The molecule has 1 aliphatic rings. The Labute approximate surface area is 145 Å². The summed E-state index contributed by atoms with van der Waals surface area (Å²) in [5, 5.41) is 0. The van der Waals surface area contributed by atoms with E-state index in [2.05, 4.69) is 29.2 Å². The van der Waals surface area contributed by atoms with Gasteiger partial charge in [0.15, 0.2) is 0 Å². The van der Waals surface area contributed by atoms with Crippen LogP contribution in [0.1, 0.15) is 30.4 Å². The lowest BCUT2D eigenvalue weighted by Crippen LogP contribution is -2.36. The summed E-state index contributed by atoms with van der Waals surface area (Å²) in [7, 11) is -1.16. The Balaban J connectivity index is 1.68. The molecule has 1 fully saturated rings. The second kappa shape index (κ2) is 9.51. The SMILES string of the molecule is COCc1cccc(CN2CCC(OCCCS(C)(=O)=O)CC2)c1. The van der Waals surface area contributed by atoms with Crippen molar-refractivity contribution in [2.75, 3.05) is 38.8 Å². The van der Waals surface area contributed by atoms with Gasteiger partial charge in [0, 0.05) is 39.6 Å². The van der Waals surface area contributed by atoms with E-state index in [-0.39, 0.29) is 11.9 Å². The number of benzene rings is 1. The fourth-order valence-corrected chi connectivity index (χ4v) is 3.69. The van der Waals surface area contributed by atoms with Crippen LogP contribution < -0.4 is 0 Å². The minimum Gasteiger partial charge on any atom is -0.380 e. The normalized spacial score (nSPS) is 17.2. The van der Waals surface area contributed by atoms with Gasteiger partial charge in [0.1, 0.15) is 9.84 Å². The standard InChI is InChI=1S/C18H29NO4S/c1-22-15-17-6-3-5-16(13-17)14-19-9-7-18(8-10-19)23-11-4-12-24(2,20)21/h3,5-6,13,18H,4,7-12,14-15H2,1-2H3. The van der Waals surface area contributed by atoms with Crippen molar-refractivity contribution in [3.63, 3.8) is 0 Å². The molecule has 0 bridgehead atoms. The van der Waals surface area contributed by atoms with Gasteiger partial charge < -0.3 is 9.47 Å². The highest BCUT2D eigenvalue weighted by Crippen LogP contribution is 2.17. The van der Waals surface area contributed by atoms with Gasteiger partial charge in [-0.3, -0.25) is 4.90 Å². The molecule has 2 rings (SSSR count). The number of hydrogen-bond donors (Lipinski definition) is 0. The second-order valence-corrected chi connectivity index (χ2v) is 8.84. The molecule has 136 valence electrons. The molecule has 0 N–H and O–H groups in total. The lowest BCUT2D eigenvalue weighted by Gasteiger charge is -2.32. The Morgan fingerprint density at radius 1 is 1.21 bits per heavy atom. The van der Waals surface area contributed by atoms with Crippen LogP contribution in [0.15, 0.2) is 24.3 Å². The first-order valence-corrected chi connectivity index (χ1v) is 10.6. The second-order valence-electron chi connectivity index (χ2n) is 6.58. The predicted molar refractivity (Wildman–Crippen MR) is 95.7 cm³/mol. The van der Waals surface area contributed by atoms with E-state index in [9.17, 15) is 8.42 Å². The molecule has 5 nitrogen and oxygen atoms in total. The topological polar surface area (TPSA) is 55.8 Å². The summed E-state index contributed by atoms with van der Waals surface area (Å²) in [5.41, 5.74) is 2.52. The van der Waals surface area contributed by atoms with Crippen LogP contribution in [0.2, 0.25) is 0 Å². The van der Waals surface area contributed by atoms with Crippen LogP contribution in [-0.2, 0) is 32.5 Å². The van der Waals surface area contributed by atoms with Gasteiger partial charge in [-0.15, -0.1) is 0 Å². The summed E-state index contributed by atoms with van der Waals surface area (Å²) < 4.78 is 33.2. The van der Waals surface area contributed by atoms with Crippen molar-refractivity contribution < 1.29 is 17.9 Å². The third-order valence-electron chi connectivity index (χ3n) is 4.26. The molecule has 0 radical (unpaired) electrons. The lowest BCUT2D eigenvalue weighted by molar-refractivity contribution is 0.00647. The number of rotatable bonds is 9. The molecule has 0 amide bonds. The van der Waals surface area contributed by atoms with Crippen molar-refractivity contribution in [2.24, 2.45) is 0 Å². The van der Waals surface area contributed by atoms with Crippen molar-refractivity contribution in [1.82, 2.24) is 4.90 Å². The molecule has 1 aromatic rings. The van der Waals surface area contributed by atoms with Gasteiger partial charge in [-0.2, -0.15) is 0 Å². The van der Waals surface area contributed by atoms with Crippen molar-refractivity contribution in [1.29, 1.82) is 0 Å². The third-order valence-corrected chi connectivity index (χ3v) is 5.29. The van der Waals surface area contributed by atoms with Gasteiger partial charge in [-0.1, -0.05) is 24.3 Å². The molecular weight excluding hydrogens is 326 g/mol. The van der Waals surface area contributed by atoms with E-state index >= 15 is 0 Å². The molecule has 0 atom stereocenters. The average Bonchev–Trinajstić information content (AvgIpc) is 2.53. The van der Waals surface area contributed by atoms with E-state index < -0.39 is 9.84 Å². The molecular formula is C18H29NO4S. The van der Waals surface area contributed by atoms with Crippen molar-refractivity contribution in [3.05, 3.63) is 35.4 Å². The first-order valence-electron chi connectivity index (χ1n) is 8.55. The van der Waals surface area contributed by atoms with Gasteiger partial charge in [0.2, 0.25) is 0 Å². The van der Waals surface area contributed by atoms with Crippen LogP contribution in [0, 0.1) is 0 Å². The monoisotopic (exact) mass is 355 g/mol. The maximum Gasteiger partial charge on any atom is 0.147 e. The lowest BCUT2D eigenvalue weighted by atomic mass is 10.1. The van der Waals surface area contributed by atoms with E-state index in [4.69, 9.17) is 9.47 Å². The van der Waals surface area contributed by atoms with Gasteiger partial charge in [0.25, 0.3) is 0 Å². The maximum atomic E-state index is 11.1. The highest BCUT2D eigenvalue weighted by atomic mass is 32.2. The Hall–Kier alpha value is -0.950. The molecule has 6 heteroatoms. The van der Waals surface area contributed by atoms with E-state index in [0.29, 0.717) is 19.6 Å². The fraction of sp³-hybridized carbons (Fsp3) is 0.667. The van der Waals surface area contributed by atoms with Crippen LogP contribution in [0.3, 0.4) is 0 Å². The van der Waals surface area contributed by atoms with Crippen molar-refractivity contribution in [3.8, 4) is 0 Å². The van der Waals surface area contributed by atoms with Gasteiger partial charge in [-0.25, -0.2) is 8.42 Å². The molecule has 0 aliphatic carbocycles. The Morgan fingerprint density at radius 2 is 1.92 bits per heavy atom. The molecule has 0 unspecified atom stereocenters. The number of nitrogens with zero attached hydrogens (tertiary/aromatic N) is 1. The molecule has 1 heterocycles. The van der Waals surface area contributed by atoms with Crippen molar-refractivity contribution >= 4 is 9.84 Å². The van der Waals surface area contributed by atoms with Crippen LogP contribution in [0.25, 0.3) is 0 Å². The zero-order chi connectivity index (χ0) is 17.4. The van der Waals surface area contributed by atoms with Gasteiger partial charge in [-0.05, 0) is 30.4 Å². The van der Waals surface area contributed by atoms with Crippen LogP contribution >= 0.6 is 0 Å². The van der Waals surface area contributed by atoms with E-state index in [1.165, 1.54) is 17.4 Å². The first kappa shape index (κ1) is 19.4. The van der Waals surface area contributed by atoms with E-state index in [0.717, 1.165) is 32.5 Å². The largest absolute Gasteiger partial charge is 0.380 e. The molecule has 0 spiro atoms. The molecule has 0 aromatic heterocycles. The number of ether oxygens (including phenoxy) is 2. The molecule has 24 heavy (non-hydrogen) atoms. The highest BCUT2D eigenvalue weighted by molar-refractivity contribution is 7.90. The summed E-state index contributed by atoms with van der Waals surface area (Å²) in [4.78, 5) is 2.45. The van der Waals surface area contributed by atoms with E-state index in [1.807, 2.05) is 0 Å². The van der Waals surface area contributed by atoms with Crippen LogP contribution in [0.4, 0.5) is 0 Å². The first-order chi connectivity index (χ1) is 11.5.